The van der Waals surface area contributed by atoms with Crippen molar-refractivity contribution in [2.24, 2.45) is 5.92 Å². The Labute approximate surface area is 78.6 Å². The summed E-state index contributed by atoms with van der Waals surface area (Å²) in [5, 5.41) is 25.8. The fraction of sp³-hybridized carbons (Fsp3) is 0.571. The van der Waals surface area contributed by atoms with Crippen molar-refractivity contribution in [3.05, 3.63) is 0 Å². The lowest BCUT2D eigenvalue weighted by molar-refractivity contribution is -0.141. The molecule has 78 valence electrons. The van der Waals surface area contributed by atoms with E-state index >= 15 is 0 Å². The van der Waals surface area contributed by atoms with Gasteiger partial charge in [0.2, 0.25) is 0 Å². The van der Waals surface area contributed by atoms with Gasteiger partial charge >= 0.3 is 18.0 Å². The van der Waals surface area contributed by atoms with Crippen LogP contribution in [0, 0.1) is 5.92 Å². The lowest BCUT2D eigenvalue weighted by atomic mass is 10.1. The monoisotopic (exact) mass is 203 g/mol. The van der Waals surface area contributed by atoms with Crippen molar-refractivity contribution in [3.63, 3.8) is 0 Å². The van der Waals surface area contributed by atoms with Gasteiger partial charge in [0.05, 0.1) is 5.92 Å². The quantitative estimate of drug-likeness (QED) is 0.558. The van der Waals surface area contributed by atoms with Gasteiger partial charge in [0.25, 0.3) is 0 Å². The van der Waals surface area contributed by atoms with Crippen molar-refractivity contribution in [3.8, 4) is 0 Å². The van der Waals surface area contributed by atoms with Crippen molar-refractivity contribution in [1.29, 1.82) is 0 Å². The summed E-state index contributed by atoms with van der Waals surface area (Å²) >= 11 is 0. The van der Waals surface area contributed by atoms with Crippen LogP contribution in [0.1, 0.15) is 6.42 Å². The van der Waals surface area contributed by atoms with Crippen LogP contribution >= 0.6 is 0 Å². The summed E-state index contributed by atoms with van der Waals surface area (Å²) in [7, 11) is 0. The minimum atomic E-state index is -1.40. The van der Waals surface area contributed by atoms with E-state index in [4.69, 9.17) is 15.3 Å². The zero-order chi connectivity index (χ0) is 10.9. The number of hydrogen-bond acceptors (Lipinski definition) is 3. The molecule has 14 heavy (non-hydrogen) atoms. The molecule has 1 amide bonds. The Bertz CT molecular complexity index is 266. The number of carbonyl (C=O) groups is 3. The van der Waals surface area contributed by atoms with E-state index in [-0.39, 0.29) is 13.0 Å². The molecule has 1 saturated heterocycles. The number of hydrogen-bond donors (Lipinski definition) is 3. The molecule has 0 spiro atoms. The van der Waals surface area contributed by atoms with E-state index in [2.05, 4.69) is 0 Å². The first-order chi connectivity index (χ1) is 6.43. The average molecular weight is 203 g/mol. The molecule has 0 aromatic carbocycles. The van der Waals surface area contributed by atoms with Crippen LogP contribution in [0.15, 0.2) is 0 Å². The third kappa shape index (κ3) is 1.76. The van der Waals surface area contributed by atoms with E-state index in [9.17, 15) is 14.4 Å². The van der Waals surface area contributed by atoms with E-state index in [0.29, 0.717) is 4.90 Å². The number of rotatable bonds is 2. The van der Waals surface area contributed by atoms with Crippen LogP contribution in [-0.4, -0.2) is 50.8 Å². The topological polar surface area (TPSA) is 115 Å². The lowest BCUT2D eigenvalue weighted by Crippen LogP contribution is -2.39. The van der Waals surface area contributed by atoms with Gasteiger partial charge in [-0.05, 0) is 6.42 Å². The van der Waals surface area contributed by atoms with Gasteiger partial charge in [-0.25, -0.2) is 9.59 Å². The van der Waals surface area contributed by atoms with Crippen LogP contribution in [0.5, 0.6) is 0 Å². The van der Waals surface area contributed by atoms with Crippen LogP contribution in [0.2, 0.25) is 0 Å². The van der Waals surface area contributed by atoms with Crippen LogP contribution in [0.25, 0.3) is 0 Å². The summed E-state index contributed by atoms with van der Waals surface area (Å²) in [6, 6.07) is -1.24. The highest BCUT2D eigenvalue weighted by Gasteiger charge is 2.42. The number of nitrogens with zero attached hydrogens (tertiary/aromatic N) is 1. The maximum absolute atomic E-state index is 10.6. The summed E-state index contributed by atoms with van der Waals surface area (Å²) in [5.74, 6) is -3.40. The fourth-order valence-electron chi connectivity index (χ4n) is 1.46. The zero-order valence-electron chi connectivity index (χ0n) is 7.08. The minimum absolute atomic E-state index is 0.170. The Morgan fingerprint density at radius 1 is 1.07 bits per heavy atom. The molecule has 1 aliphatic rings. The number of carboxylic acid groups (broad SMARTS) is 3. The fourth-order valence-corrected chi connectivity index (χ4v) is 1.46. The van der Waals surface area contributed by atoms with Crippen molar-refractivity contribution < 1.29 is 29.7 Å². The van der Waals surface area contributed by atoms with Crippen LogP contribution in [-0.2, 0) is 9.59 Å². The SMILES string of the molecule is O=C(O)[C@@H]1C[C@@H](C(=O)O)N(C(=O)O)C1. The highest BCUT2D eigenvalue weighted by atomic mass is 16.4. The predicted octanol–water partition coefficient (Wildman–Crippen LogP) is -0.476. The van der Waals surface area contributed by atoms with Crippen LogP contribution in [0.3, 0.4) is 0 Å². The molecule has 7 heteroatoms. The molecule has 1 heterocycles. The molecule has 1 aliphatic heterocycles. The predicted molar refractivity (Wildman–Crippen MR) is 41.9 cm³/mol. The van der Waals surface area contributed by atoms with E-state index < -0.39 is 30.0 Å². The second-order valence-electron chi connectivity index (χ2n) is 3.06. The maximum Gasteiger partial charge on any atom is 0.408 e. The average Bonchev–Trinajstić information content (AvgIpc) is 2.47. The highest BCUT2D eigenvalue weighted by molar-refractivity contribution is 5.82. The highest BCUT2D eigenvalue weighted by Crippen LogP contribution is 2.23. The first-order valence-electron chi connectivity index (χ1n) is 3.88. The van der Waals surface area contributed by atoms with Gasteiger partial charge in [0, 0.05) is 6.54 Å². The van der Waals surface area contributed by atoms with Crippen molar-refractivity contribution >= 4 is 18.0 Å². The Hall–Kier alpha value is -1.79. The van der Waals surface area contributed by atoms with Crippen molar-refractivity contribution in [2.45, 2.75) is 12.5 Å². The first-order valence-corrected chi connectivity index (χ1v) is 3.88. The minimum Gasteiger partial charge on any atom is -0.481 e. The molecule has 2 atom stereocenters. The number of likely N-dealkylation sites (tertiary alicyclic amines) is 1. The molecule has 0 saturated carbocycles. The van der Waals surface area contributed by atoms with Gasteiger partial charge < -0.3 is 15.3 Å². The first kappa shape index (κ1) is 10.3. The van der Waals surface area contributed by atoms with Gasteiger partial charge in [-0.2, -0.15) is 0 Å². The van der Waals surface area contributed by atoms with Gasteiger partial charge in [0.15, 0.2) is 0 Å². The number of amides is 1. The normalized spacial score (nSPS) is 26.1. The van der Waals surface area contributed by atoms with Gasteiger partial charge in [-0.3, -0.25) is 9.69 Å². The Balaban J connectivity index is 2.80. The summed E-state index contributed by atoms with van der Waals surface area (Å²) in [6.45, 7) is -0.262. The van der Waals surface area contributed by atoms with Crippen LogP contribution in [0.4, 0.5) is 4.79 Å². The summed E-state index contributed by atoms with van der Waals surface area (Å²) in [6.07, 6.45) is -1.57. The van der Waals surface area contributed by atoms with E-state index in [1.54, 1.807) is 0 Å². The third-order valence-corrected chi connectivity index (χ3v) is 2.18. The summed E-state index contributed by atoms with van der Waals surface area (Å²) in [4.78, 5) is 32.3. The molecule has 0 aliphatic carbocycles. The third-order valence-electron chi connectivity index (χ3n) is 2.18. The largest absolute Gasteiger partial charge is 0.481 e. The van der Waals surface area contributed by atoms with E-state index in [1.807, 2.05) is 0 Å². The molecule has 0 bridgehead atoms. The molecular weight excluding hydrogens is 194 g/mol. The second kappa shape index (κ2) is 3.52. The van der Waals surface area contributed by atoms with Crippen molar-refractivity contribution in [2.75, 3.05) is 6.54 Å². The standard InChI is InChI=1S/C7H9NO6/c9-5(10)3-1-4(6(11)12)8(2-3)7(13)14/h3-4H,1-2H2,(H,9,10)(H,11,12)(H,13,14)/t3-,4+/m1/s1. The van der Waals surface area contributed by atoms with Crippen LogP contribution < -0.4 is 0 Å². The molecule has 0 aromatic rings. The van der Waals surface area contributed by atoms with Gasteiger partial charge in [-0.1, -0.05) is 0 Å². The molecule has 7 nitrogen and oxygen atoms in total. The lowest BCUT2D eigenvalue weighted by Gasteiger charge is -2.16. The Kier molecular flexibility index (Phi) is 2.59. The molecule has 1 fully saturated rings. The zero-order valence-corrected chi connectivity index (χ0v) is 7.08. The number of carboxylic acids is 2. The van der Waals surface area contributed by atoms with Crippen molar-refractivity contribution in [1.82, 2.24) is 4.90 Å². The smallest absolute Gasteiger partial charge is 0.408 e. The summed E-state index contributed by atoms with van der Waals surface area (Å²) < 4.78 is 0. The van der Waals surface area contributed by atoms with E-state index in [0.717, 1.165) is 0 Å². The Morgan fingerprint density at radius 3 is 1.93 bits per heavy atom. The molecule has 0 aromatic heterocycles. The molecule has 0 unspecified atom stereocenters. The van der Waals surface area contributed by atoms with Gasteiger partial charge in [-0.15, -0.1) is 0 Å². The Morgan fingerprint density at radius 2 is 1.64 bits per heavy atom. The summed E-state index contributed by atoms with van der Waals surface area (Å²) in [5.41, 5.74) is 0. The second-order valence-corrected chi connectivity index (χ2v) is 3.06. The molecule has 1 rings (SSSR count). The number of aliphatic carboxylic acids is 2. The van der Waals surface area contributed by atoms with E-state index in [1.165, 1.54) is 0 Å². The molecule has 0 radical (unpaired) electrons. The van der Waals surface area contributed by atoms with Gasteiger partial charge in [0.1, 0.15) is 6.04 Å². The molecular formula is C7H9NO6. The maximum atomic E-state index is 10.6. The molecule has 3 N–H and O–H groups in total.